The van der Waals surface area contributed by atoms with Crippen LogP contribution in [0, 0.1) is 0 Å². The molecule has 2 amide bonds. The number of imide groups is 1. The van der Waals surface area contributed by atoms with E-state index >= 15 is 0 Å². The molecule has 1 heterocycles. The molecule has 0 aromatic heterocycles. The average molecular weight is 423 g/mol. The molecule has 0 aliphatic carbocycles. The summed E-state index contributed by atoms with van der Waals surface area (Å²) in [7, 11) is 0. The number of benzene rings is 2. The van der Waals surface area contributed by atoms with Gasteiger partial charge in [-0.15, -0.1) is 0 Å². The molecule has 1 aliphatic rings. The average Bonchev–Trinajstić information content (AvgIpc) is 2.72. The van der Waals surface area contributed by atoms with Crippen molar-refractivity contribution in [3.63, 3.8) is 0 Å². The van der Waals surface area contributed by atoms with Gasteiger partial charge in [0.05, 0.1) is 6.04 Å². The number of hydrogen-bond donors (Lipinski definition) is 1. The van der Waals surface area contributed by atoms with Crippen LogP contribution in [0.15, 0.2) is 72.0 Å². The minimum atomic E-state index is -0.994. The largest absolute Gasteiger partial charge is 0.511 e. The number of carbonyl (C=O) groups excluding carboxylic acids is 3. The Morgan fingerprint density at radius 1 is 1.03 bits per heavy atom. The van der Waals surface area contributed by atoms with Gasteiger partial charge in [-0.3, -0.25) is 4.79 Å². The van der Waals surface area contributed by atoms with Crippen molar-refractivity contribution >= 4 is 18.0 Å². The van der Waals surface area contributed by atoms with Gasteiger partial charge < -0.3 is 14.6 Å². The molecule has 7 nitrogen and oxygen atoms in total. The Bertz CT molecular complexity index is 992. The summed E-state index contributed by atoms with van der Waals surface area (Å²) in [6.45, 7) is 4.97. The van der Waals surface area contributed by atoms with Crippen molar-refractivity contribution in [1.82, 2.24) is 4.90 Å². The van der Waals surface area contributed by atoms with E-state index in [9.17, 15) is 19.5 Å². The highest BCUT2D eigenvalue weighted by atomic mass is 16.6. The maximum absolute atomic E-state index is 13.2. The van der Waals surface area contributed by atoms with Crippen LogP contribution < -0.4 is 0 Å². The number of aliphatic hydroxyl groups excluding tert-OH is 1. The molecule has 1 aliphatic heterocycles. The number of aliphatic hydroxyl groups is 1. The van der Waals surface area contributed by atoms with Gasteiger partial charge in [-0.25, -0.2) is 14.5 Å². The van der Waals surface area contributed by atoms with Gasteiger partial charge in [0, 0.05) is 6.42 Å². The van der Waals surface area contributed by atoms with Crippen molar-refractivity contribution in [3.05, 3.63) is 83.1 Å². The molecule has 0 saturated heterocycles. The molecule has 0 saturated carbocycles. The van der Waals surface area contributed by atoms with Crippen molar-refractivity contribution in [2.45, 2.75) is 45.4 Å². The summed E-state index contributed by atoms with van der Waals surface area (Å²) in [4.78, 5) is 39.6. The van der Waals surface area contributed by atoms with Crippen LogP contribution in [-0.2, 0) is 25.7 Å². The van der Waals surface area contributed by atoms with Crippen LogP contribution in [0.2, 0.25) is 0 Å². The first kappa shape index (κ1) is 22.1. The van der Waals surface area contributed by atoms with Gasteiger partial charge in [-0.1, -0.05) is 60.7 Å². The van der Waals surface area contributed by atoms with E-state index in [-0.39, 0.29) is 13.0 Å². The topological polar surface area (TPSA) is 93.1 Å². The first-order valence-corrected chi connectivity index (χ1v) is 9.92. The third-order valence-electron chi connectivity index (χ3n) is 4.61. The molecule has 1 N–H and O–H groups in total. The van der Waals surface area contributed by atoms with E-state index < -0.39 is 40.9 Å². The summed E-state index contributed by atoms with van der Waals surface area (Å²) in [5.74, 6) is -2.37. The zero-order valence-corrected chi connectivity index (χ0v) is 17.7. The lowest BCUT2D eigenvalue weighted by atomic mass is 9.94. The third-order valence-corrected chi connectivity index (χ3v) is 4.61. The van der Waals surface area contributed by atoms with Gasteiger partial charge in [0.25, 0.3) is 5.91 Å². The fourth-order valence-corrected chi connectivity index (χ4v) is 3.23. The molecule has 0 bridgehead atoms. The van der Waals surface area contributed by atoms with Gasteiger partial charge in [0.2, 0.25) is 0 Å². The minimum Gasteiger partial charge on any atom is -0.511 e. The van der Waals surface area contributed by atoms with Gasteiger partial charge in [-0.2, -0.15) is 0 Å². The van der Waals surface area contributed by atoms with E-state index in [0.717, 1.165) is 10.5 Å². The second-order valence-electron chi connectivity index (χ2n) is 8.17. The molecule has 2 aromatic carbocycles. The highest BCUT2D eigenvalue weighted by Crippen LogP contribution is 2.35. The third kappa shape index (κ3) is 5.31. The molecule has 0 spiro atoms. The molecule has 2 aromatic rings. The highest BCUT2D eigenvalue weighted by molar-refractivity contribution is 6.20. The van der Waals surface area contributed by atoms with Crippen LogP contribution in [0.25, 0.3) is 0 Å². The van der Waals surface area contributed by atoms with Crippen molar-refractivity contribution in [3.8, 4) is 0 Å². The van der Waals surface area contributed by atoms with Gasteiger partial charge in [0.15, 0.2) is 5.57 Å². The standard InChI is InChI=1S/C24H25NO6/c1-24(2,3)31-23(29)25-18(17-12-8-5-9-13-17)14-19(26)20(21(25)27)22(28)30-15-16-10-6-4-7-11-16/h4-13,18,26H,14-15H2,1-3H3/t18-/m1/s1. The van der Waals surface area contributed by atoms with Crippen LogP contribution in [0.1, 0.15) is 44.4 Å². The van der Waals surface area contributed by atoms with Crippen molar-refractivity contribution in [2.24, 2.45) is 0 Å². The number of esters is 1. The van der Waals surface area contributed by atoms with E-state index in [2.05, 4.69) is 0 Å². The summed E-state index contributed by atoms with van der Waals surface area (Å²) in [6, 6.07) is 16.9. The maximum Gasteiger partial charge on any atom is 0.417 e. The van der Waals surface area contributed by atoms with Crippen molar-refractivity contribution < 1.29 is 29.0 Å². The Morgan fingerprint density at radius 3 is 2.19 bits per heavy atom. The predicted molar refractivity (Wildman–Crippen MR) is 113 cm³/mol. The van der Waals surface area contributed by atoms with Crippen LogP contribution in [-0.4, -0.2) is 33.6 Å². The normalized spacial score (nSPS) is 16.8. The van der Waals surface area contributed by atoms with Crippen LogP contribution >= 0.6 is 0 Å². The molecule has 31 heavy (non-hydrogen) atoms. The van der Waals surface area contributed by atoms with E-state index in [1.165, 1.54) is 0 Å². The second-order valence-corrected chi connectivity index (χ2v) is 8.17. The molecular formula is C24H25NO6. The summed E-state index contributed by atoms with van der Waals surface area (Å²) in [5.41, 5.74) is -0.0558. The quantitative estimate of drug-likeness (QED) is 0.577. The van der Waals surface area contributed by atoms with E-state index in [1.54, 1.807) is 75.4 Å². The Morgan fingerprint density at radius 2 is 1.61 bits per heavy atom. The molecule has 1 atom stereocenters. The first-order valence-electron chi connectivity index (χ1n) is 9.92. The van der Waals surface area contributed by atoms with Crippen molar-refractivity contribution in [2.75, 3.05) is 0 Å². The van der Waals surface area contributed by atoms with Crippen LogP contribution in [0.3, 0.4) is 0 Å². The van der Waals surface area contributed by atoms with E-state index in [4.69, 9.17) is 9.47 Å². The lowest BCUT2D eigenvalue weighted by molar-refractivity contribution is -0.145. The zero-order valence-electron chi connectivity index (χ0n) is 17.7. The minimum absolute atomic E-state index is 0.0711. The molecule has 162 valence electrons. The number of nitrogens with zero attached hydrogens (tertiary/aromatic N) is 1. The molecule has 0 radical (unpaired) electrons. The SMILES string of the molecule is CC(C)(C)OC(=O)N1C(=O)C(C(=O)OCc2ccccc2)=C(O)C[C@@H]1c1ccccc1. The Labute approximate surface area is 180 Å². The molecule has 0 fully saturated rings. The zero-order chi connectivity index (χ0) is 22.6. The van der Waals surface area contributed by atoms with Gasteiger partial charge in [0.1, 0.15) is 18.0 Å². The molecule has 0 unspecified atom stereocenters. The molecule has 3 rings (SSSR count). The lowest BCUT2D eigenvalue weighted by Crippen LogP contribution is -2.47. The fraction of sp³-hybridized carbons (Fsp3) is 0.292. The number of rotatable bonds is 4. The van der Waals surface area contributed by atoms with E-state index in [0.29, 0.717) is 5.56 Å². The fourth-order valence-electron chi connectivity index (χ4n) is 3.23. The van der Waals surface area contributed by atoms with Crippen LogP contribution in [0.5, 0.6) is 0 Å². The monoisotopic (exact) mass is 423 g/mol. The first-order chi connectivity index (χ1) is 14.7. The van der Waals surface area contributed by atoms with Gasteiger partial charge in [-0.05, 0) is 31.9 Å². The van der Waals surface area contributed by atoms with E-state index in [1.807, 2.05) is 6.07 Å². The maximum atomic E-state index is 13.2. The Kier molecular flexibility index (Phi) is 6.44. The van der Waals surface area contributed by atoms with Gasteiger partial charge >= 0.3 is 12.1 Å². The molecular weight excluding hydrogens is 398 g/mol. The summed E-state index contributed by atoms with van der Waals surface area (Å²) in [5, 5.41) is 10.6. The highest BCUT2D eigenvalue weighted by Gasteiger charge is 2.44. The number of carbonyl (C=O) groups is 3. The summed E-state index contributed by atoms with van der Waals surface area (Å²) >= 11 is 0. The molecule has 7 heteroatoms. The predicted octanol–water partition coefficient (Wildman–Crippen LogP) is 4.45. The second kappa shape index (κ2) is 9.04. The number of amides is 2. The lowest BCUT2D eigenvalue weighted by Gasteiger charge is -2.35. The Hall–Kier alpha value is -3.61. The summed E-state index contributed by atoms with van der Waals surface area (Å²) in [6.07, 6.45) is -1.02. The number of hydrogen-bond acceptors (Lipinski definition) is 6. The van der Waals surface area contributed by atoms with Crippen molar-refractivity contribution in [1.29, 1.82) is 0 Å². The smallest absolute Gasteiger partial charge is 0.417 e. The van der Waals surface area contributed by atoms with Crippen LogP contribution in [0.4, 0.5) is 4.79 Å². The summed E-state index contributed by atoms with van der Waals surface area (Å²) < 4.78 is 10.6. The number of ether oxygens (including phenoxy) is 2. The Balaban J connectivity index is 1.91.